The second-order valence-corrected chi connectivity index (χ2v) is 6.28. The predicted molar refractivity (Wildman–Crippen MR) is 81.0 cm³/mol. The number of halogens is 1. The average Bonchev–Trinajstić information content (AvgIpc) is 2.90. The largest absolute Gasteiger partial charge is 0.389 e. The van der Waals surface area contributed by atoms with Crippen LogP contribution in [0, 0.1) is 5.82 Å². The van der Waals surface area contributed by atoms with Crippen molar-refractivity contribution in [2.45, 2.75) is 18.5 Å². The van der Waals surface area contributed by atoms with Gasteiger partial charge in [0.2, 0.25) is 0 Å². The highest BCUT2D eigenvalue weighted by Gasteiger charge is 2.18. The average molecular weight is 328 g/mol. The molecule has 0 radical (unpaired) electrons. The number of imidazole rings is 1. The van der Waals surface area contributed by atoms with Gasteiger partial charge in [-0.3, -0.25) is 4.72 Å². The summed E-state index contributed by atoms with van der Waals surface area (Å²) in [6.45, 7) is 2.46. The zero-order valence-electron chi connectivity index (χ0n) is 11.1. The number of benzene rings is 1. The highest BCUT2D eigenvalue weighted by atomic mass is 32.2. The second kappa shape index (κ2) is 5.78. The fourth-order valence-electron chi connectivity index (χ4n) is 1.64. The first kappa shape index (κ1) is 15.4. The molecule has 2 aromatic rings. The minimum atomic E-state index is -3.85. The van der Waals surface area contributed by atoms with E-state index in [1.807, 2.05) is 6.92 Å². The Morgan fingerprint density at radius 3 is 2.81 bits per heavy atom. The van der Waals surface area contributed by atoms with Crippen LogP contribution in [0.25, 0.3) is 0 Å². The van der Waals surface area contributed by atoms with Gasteiger partial charge in [0.05, 0.1) is 6.33 Å². The Kier molecular flexibility index (Phi) is 4.24. The molecular weight excluding hydrogens is 315 g/mol. The molecule has 0 unspecified atom stereocenters. The lowest BCUT2D eigenvalue weighted by molar-refractivity contribution is 0.597. The smallest absolute Gasteiger partial charge is 0.280 e. The highest BCUT2D eigenvalue weighted by molar-refractivity contribution is 7.92. The van der Waals surface area contributed by atoms with Crippen LogP contribution in [0.15, 0.2) is 35.7 Å². The summed E-state index contributed by atoms with van der Waals surface area (Å²) < 4.78 is 41.7. The molecule has 0 bridgehead atoms. The van der Waals surface area contributed by atoms with E-state index in [1.165, 1.54) is 24.7 Å². The molecule has 0 saturated carbocycles. The van der Waals surface area contributed by atoms with Gasteiger partial charge in [-0.05, 0) is 25.1 Å². The van der Waals surface area contributed by atoms with E-state index >= 15 is 0 Å². The number of nitrogens with zero attached hydrogens (tertiary/aromatic N) is 2. The molecule has 2 rings (SSSR count). The van der Waals surface area contributed by atoms with Crippen LogP contribution < -0.4 is 10.5 Å². The van der Waals surface area contributed by atoms with Gasteiger partial charge in [0.25, 0.3) is 10.0 Å². The number of sulfonamides is 1. The van der Waals surface area contributed by atoms with E-state index in [0.29, 0.717) is 6.54 Å². The van der Waals surface area contributed by atoms with E-state index in [-0.39, 0.29) is 21.3 Å². The molecule has 0 atom stereocenters. The molecule has 0 aliphatic rings. The van der Waals surface area contributed by atoms with Gasteiger partial charge < -0.3 is 10.3 Å². The van der Waals surface area contributed by atoms with Gasteiger partial charge in [-0.2, -0.15) is 8.42 Å². The lowest BCUT2D eigenvalue weighted by Gasteiger charge is -2.08. The Balaban J connectivity index is 2.32. The molecule has 0 amide bonds. The molecule has 1 aromatic heterocycles. The number of hydrogen-bond acceptors (Lipinski definition) is 4. The quantitative estimate of drug-likeness (QED) is 0.811. The van der Waals surface area contributed by atoms with Crippen molar-refractivity contribution in [1.82, 2.24) is 9.55 Å². The topological polar surface area (TPSA) is 90.0 Å². The van der Waals surface area contributed by atoms with E-state index in [2.05, 4.69) is 9.71 Å². The van der Waals surface area contributed by atoms with Crippen LogP contribution >= 0.6 is 12.2 Å². The molecule has 0 spiro atoms. The van der Waals surface area contributed by atoms with E-state index < -0.39 is 15.8 Å². The Labute approximate surface area is 126 Å². The first-order valence-electron chi connectivity index (χ1n) is 5.97. The number of anilines is 1. The molecule has 3 N–H and O–H groups in total. The van der Waals surface area contributed by atoms with Crippen molar-refractivity contribution < 1.29 is 12.8 Å². The fraction of sp³-hybridized carbons (Fsp3) is 0.167. The summed E-state index contributed by atoms with van der Waals surface area (Å²) in [7, 11) is -3.85. The summed E-state index contributed by atoms with van der Waals surface area (Å²) in [6.07, 6.45) is 2.82. The van der Waals surface area contributed by atoms with E-state index in [1.54, 1.807) is 4.57 Å². The van der Waals surface area contributed by atoms with Crippen LogP contribution in [0.2, 0.25) is 0 Å². The molecule has 0 aliphatic carbocycles. The fourth-order valence-corrected chi connectivity index (χ4v) is 2.79. The first-order chi connectivity index (χ1) is 9.83. The summed E-state index contributed by atoms with van der Waals surface area (Å²) in [5, 5.41) is -0.120. The second-order valence-electron chi connectivity index (χ2n) is 4.21. The molecule has 6 nitrogen and oxygen atoms in total. The Hall–Kier alpha value is -2.00. The molecular formula is C12H13FN4O2S2. The maximum Gasteiger partial charge on any atom is 0.280 e. The number of rotatable bonds is 5. The number of aryl methyl sites for hydroxylation is 1. The zero-order valence-corrected chi connectivity index (χ0v) is 12.7. The minimum Gasteiger partial charge on any atom is -0.389 e. The van der Waals surface area contributed by atoms with E-state index in [9.17, 15) is 12.8 Å². The van der Waals surface area contributed by atoms with Crippen LogP contribution in [0.4, 0.5) is 10.1 Å². The van der Waals surface area contributed by atoms with Gasteiger partial charge in [0.15, 0.2) is 5.03 Å². The van der Waals surface area contributed by atoms with Crippen LogP contribution in [0.5, 0.6) is 0 Å². The summed E-state index contributed by atoms with van der Waals surface area (Å²) in [5.74, 6) is -0.610. The predicted octanol–water partition coefficient (Wildman–Crippen LogP) is 1.48. The lowest BCUT2D eigenvalue weighted by Crippen LogP contribution is -2.16. The lowest BCUT2D eigenvalue weighted by atomic mass is 10.2. The number of hydrogen-bond donors (Lipinski definition) is 2. The third-order valence-corrected chi connectivity index (χ3v) is 4.22. The van der Waals surface area contributed by atoms with Crippen LogP contribution in [-0.4, -0.2) is 23.0 Å². The summed E-state index contributed by atoms with van der Waals surface area (Å²) in [6, 6.07) is 3.62. The van der Waals surface area contributed by atoms with Gasteiger partial charge in [-0.1, -0.05) is 12.2 Å². The Bertz CT molecular complexity index is 786. The Morgan fingerprint density at radius 1 is 1.52 bits per heavy atom. The number of nitrogens with two attached hydrogens (primary N) is 1. The van der Waals surface area contributed by atoms with Crippen molar-refractivity contribution >= 4 is 32.9 Å². The van der Waals surface area contributed by atoms with Crippen molar-refractivity contribution in [2.75, 3.05) is 4.72 Å². The molecule has 0 saturated heterocycles. The molecule has 112 valence electrons. The number of nitrogens with one attached hydrogen (secondary N) is 1. The SMILES string of the molecule is CCn1cnc(S(=O)(=O)Nc2ccc(F)c(C(N)=S)c2)c1. The molecule has 0 fully saturated rings. The number of aromatic nitrogens is 2. The molecule has 21 heavy (non-hydrogen) atoms. The van der Waals surface area contributed by atoms with Crippen molar-refractivity contribution in [2.24, 2.45) is 5.73 Å². The standard InChI is InChI=1S/C12H13FN4O2S2/c1-2-17-6-11(15-7-17)21(18,19)16-8-3-4-10(13)9(5-8)12(14)20/h3-7,16H,2H2,1H3,(H2,14,20). The van der Waals surface area contributed by atoms with Gasteiger partial charge >= 0.3 is 0 Å². The summed E-state index contributed by atoms with van der Waals surface area (Å²) >= 11 is 4.71. The van der Waals surface area contributed by atoms with Crippen LogP contribution in [0.3, 0.4) is 0 Å². The van der Waals surface area contributed by atoms with Crippen molar-refractivity contribution in [3.63, 3.8) is 0 Å². The Morgan fingerprint density at radius 2 is 2.24 bits per heavy atom. The van der Waals surface area contributed by atoms with Crippen LogP contribution in [0.1, 0.15) is 12.5 Å². The third-order valence-electron chi connectivity index (χ3n) is 2.73. The van der Waals surface area contributed by atoms with Gasteiger partial charge in [0, 0.05) is 24.0 Å². The maximum absolute atomic E-state index is 13.5. The number of thiocarbonyl (C=S) groups is 1. The third kappa shape index (κ3) is 3.37. The van der Waals surface area contributed by atoms with Gasteiger partial charge in [-0.25, -0.2) is 9.37 Å². The van der Waals surface area contributed by atoms with Crippen molar-refractivity contribution in [3.8, 4) is 0 Å². The normalized spacial score (nSPS) is 11.3. The van der Waals surface area contributed by atoms with Gasteiger partial charge in [-0.15, -0.1) is 0 Å². The molecule has 0 aliphatic heterocycles. The summed E-state index contributed by atoms with van der Waals surface area (Å²) in [5.41, 5.74) is 5.51. The van der Waals surface area contributed by atoms with Crippen molar-refractivity contribution in [3.05, 3.63) is 42.1 Å². The molecule has 9 heteroatoms. The summed E-state index contributed by atoms with van der Waals surface area (Å²) in [4.78, 5) is 3.67. The minimum absolute atomic E-state index is 0.0238. The van der Waals surface area contributed by atoms with Gasteiger partial charge in [0.1, 0.15) is 10.8 Å². The van der Waals surface area contributed by atoms with Crippen molar-refractivity contribution in [1.29, 1.82) is 0 Å². The maximum atomic E-state index is 13.5. The molecule has 1 aromatic carbocycles. The monoisotopic (exact) mass is 328 g/mol. The van der Waals surface area contributed by atoms with E-state index in [0.717, 1.165) is 6.07 Å². The molecule has 1 heterocycles. The zero-order chi connectivity index (χ0) is 15.6. The highest BCUT2D eigenvalue weighted by Crippen LogP contribution is 2.18. The van der Waals surface area contributed by atoms with Crippen LogP contribution in [-0.2, 0) is 16.6 Å². The van der Waals surface area contributed by atoms with E-state index in [4.69, 9.17) is 18.0 Å². The first-order valence-corrected chi connectivity index (χ1v) is 7.86.